The second-order valence-electron chi connectivity index (χ2n) is 28.7. The molecule has 14 unspecified atom stereocenters. The van der Waals surface area contributed by atoms with Crippen molar-refractivity contribution in [1.82, 2.24) is 0 Å². The predicted octanol–water partition coefficient (Wildman–Crippen LogP) is 12.6. The summed E-state index contributed by atoms with van der Waals surface area (Å²) in [5, 5.41) is 10.6. The van der Waals surface area contributed by atoms with E-state index in [4.69, 9.17) is 28.4 Å². The molecule has 0 aromatic heterocycles. The maximum Gasteiger partial charge on any atom is 0.312 e. The van der Waals surface area contributed by atoms with Crippen molar-refractivity contribution >= 4 is 29.8 Å². The minimum atomic E-state index is -0.555. The van der Waals surface area contributed by atoms with E-state index in [-0.39, 0.29) is 75.6 Å². The van der Waals surface area contributed by atoms with Crippen molar-refractivity contribution in [2.75, 3.05) is 0 Å². The van der Waals surface area contributed by atoms with Crippen LogP contribution in [0.4, 0.5) is 0 Å². The summed E-state index contributed by atoms with van der Waals surface area (Å²) in [6.45, 7) is 28.1. The van der Waals surface area contributed by atoms with Crippen molar-refractivity contribution in [3.8, 4) is 0 Å². The third-order valence-electron chi connectivity index (χ3n) is 22.3. The second kappa shape index (κ2) is 20.8. The molecule has 12 aliphatic rings. The quantitative estimate of drug-likeness (QED) is 0.0997. The van der Waals surface area contributed by atoms with E-state index in [1.165, 1.54) is 44.9 Å². The molecule has 0 amide bonds. The van der Waals surface area contributed by atoms with Gasteiger partial charge in [0.2, 0.25) is 0 Å². The largest absolute Gasteiger partial charge is 0.459 e. The van der Waals surface area contributed by atoms with Gasteiger partial charge in [0.15, 0.2) is 12.2 Å². The number of esters is 5. The fourth-order valence-electron chi connectivity index (χ4n) is 16.3. The molecule has 9 aliphatic carbocycles. The van der Waals surface area contributed by atoms with Gasteiger partial charge in [0, 0.05) is 12.3 Å². The van der Waals surface area contributed by atoms with E-state index >= 15 is 0 Å². The molecular formula is C62H100O12. The normalized spacial score (nSPS) is 40.0. The first-order valence-electron chi connectivity index (χ1n) is 30.1. The smallest absolute Gasteiger partial charge is 0.312 e. The van der Waals surface area contributed by atoms with Crippen LogP contribution in [0.5, 0.6) is 0 Å². The highest BCUT2D eigenvalue weighted by atomic mass is 16.7. The molecule has 10 bridgehead atoms. The Balaban J connectivity index is 0.000000133. The summed E-state index contributed by atoms with van der Waals surface area (Å²) in [7, 11) is 0. The van der Waals surface area contributed by atoms with Gasteiger partial charge >= 0.3 is 29.8 Å². The van der Waals surface area contributed by atoms with E-state index in [0.29, 0.717) is 37.0 Å². The van der Waals surface area contributed by atoms with Crippen LogP contribution in [-0.4, -0.2) is 81.8 Å². The number of hydrogen-bond acceptors (Lipinski definition) is 12. The molecule has 420 valence electrons. The van der Waals surface area contributed by atoms with Crippen molar-refractivity contribution in [1.29, 1.82) is 0 Å². The standard InChI is InChI=1S/C20H32O2.C16H26O3.C13H18O5.C13H24O2/c1-5-19(3,4)18(21)22-20(6-2)11-14-10-15(20)17-13-8-7-12(9-13)16(14)17;1-4-14(2,3)13(17)19-16-8-11-5-12(9-16)7-15(18,6-11)10-16;1-4-13(2,3)12(15)18-9-7-5-6-8(16-7)10(9)17-11(6)14;1-5-12(3,4)11(14)15-13(6-2)9-7-8-10-13/h12-17H,5-11H2,1-4H3;11-12,18H,4-10H2,1-3H3;6-10H,4-5H2,1-3H3;5-10H2,1-4H3. The van der Waals surface area contributed by atoms with Gasteiger partial charge in [0.05, 0.1) is 39.3 Å². The minimum Gasteiger partial charge on any atom is -0.459 e. The molecule has 74 heavy (non-hydrogen) atoms. The zero-order valence-electron chi connectivity index (χ0n) is 48.5. The molecule has 3 saturated heterocycles. The molecule has 3 heterocycles. The van der Waals surface area contributed by atoms with Gasteiger partial charge in [-0.1, -0.05) is 41.5 Å². The molecule has 9 saturated carbocycles. The lowest BCUT2D eigenvalue weighted by molar-refractivity contribution is -0.225. The van der Waals surface area contributed by atoms with Crippen LogP contribution in [0.25, 0.3) is 0 Å². The molecule has 0 aromatic rings. The molecule has 12 nitrogen and oxygen atoms in total. The van der Waals surface area contributed by atoms with Gasteiger partial charge in [-0.25, -0.2) is 0 Å². The fraction of sp³-hybridized carbons (Fsp3) is 0.919. The number of hydrogen-bond donors (Lipinski definition) is 1. The van der Waals surface area contributed by atoms with Gasteiger partial charge in [-0.3, -0.25) is 24.0 Å². The van der Waals surface area contributed by atoms with E-state index in [0.717, 1.165) is 107 Å². The molecule has 14 atom stereocenters. The summed E-state index contributed by atoms with van der Waals surface area (Å²) >= 11 is 0. The summed E-state index contributed by atoms with van der Waals surface area (Å²) in [4.78, 5) is 60.7. The molecule has 1 N–H and O–H groups in total. The predicted molar refractivity (Wildman–Crippen MR) is 282 cm³/mol. The Bertz CT molecular complexity index is 2070. The third kappa shape index (κ3) is 10.8. The SMILES string of the molecule is CCC(C)(C)C(=O)OC1(CC)CC2CC1C1C3CCC(C3)C21.CCC(C)(C)C(=O)OC12CC3CC(CC(O)(C3)C1)C2.CCC(C)(C)C(=O)OC1C2CC3C(=O)OC1C3O2.CCC1(OC(=O)C(C)(C)CC)CCCC1. The summed E-state index contributed by atoms with van der Waals surface area (Å²) in [5.74, 6) is 5.82. The first-order valence-corrected chi connectivity index (χ1v) is 30.1. The zero-order chi connectivity index (χ0) is 54.2. The van der Waals surface area contributed by atoms with E-state index in [1.54, 1.807) is 0 Å². The van der Waals surface area contributed by atoms with Gasteiger partial charge in [0.1, 0.15) is 22.9 Å². The van der Waals surface area contributed by atoms with Crippen LogP contribution in [0.15, 0.2) is 0 Å². The van der Waals surface area contributed by atoms with Gasteiger partial charge in [-0.05, 0) is 232 Å². The lowest BCUT2D eigenvalue weighted by atomic mass is 9.52. The van der Waals surface area contributed by atoms with E-state index in [2.05, 4.69) is 20.8 Å². The summed E-state index contributed by atoms with van der Waals surface area (Å²) in [6, 6.07) is 0. The molecule has 12 heteroatoms. The van der Waals surface area contributed by atoms with Crippen LogP contribution >= 0.6 is 0 Å². The average Bonchev–Trinajstić information content (AvgIpc) is 4.23. The Kier molecular flexibility index (Phi) is 16.2. The summed E-state index contributed by atoms with van der Waals surface area (Å²) < 4.78 is 34.5. The molecule has 3 aliphatic heterocycles. The molecule has 0 radical (unpaired) electrons. The van der Waals surface area contributed by atoms with Crippen molar-refractivity contribution in [2.45, 2.75) is 285 Å². The third-order valence-corrected chi connectivity index (χ3v) is 22.3. The molecule has 0 aromatic carbocycles. The topological polar surface area (TPSA) is 161 Å². The highest BCUT2D eigenvalue weighted by molar-refractivity contribution is 5.79. The Labute approximate surface area is 445 Å². The van der Waals surface area contributed by atoms with Crippen molar-refractivity contribution in [3.63, 3.8) is 0 Å². The number of carbonyl (C=O) groups is 5. The van der Waals surface area contributed by atoms with Crippen molar-refractivity contribution < 1.29 is 57.5 Å². The second-order valence-corrected chi connectivity index (χ2v) is 28.7. The summed E-state index contributed by atoms with van der Waals surface area (Å²) in [5.41, 5.74) is -2.76. The van der Waals surface area contributed by atoms with E-state index in [9.17, 15) is 29.1 Å². The zero-order valence-corrected chi connectivity index (χ0v) is 48.5. The van der Waals surface area contributed by atoms with Crippen LogP contribution in [0.1, 0.15) is 238 Å². The first-order chi connectivity index (χ1) is 34.6. The van der Waals surface area contributed by atoms with Crippen LogP contribution in [0, 0.1) is 74.9 Å². The van der Waals surface area contributed by atoms with E-state index < -0.39 is 28.6 Å². The van der Waals surface area contributed by atoms with Crippen LogP contribution < -0.4 is 0 Å². The Hall–Kier alpha value is -2.73. The Morgan fingerprint density at radius 1 is 0.595 bits per heavy atom. The van der Waals surface area contributed by atoms with Crippen molar-refractivity contribution in [3.05, 3.63) is 0 Å². The molecule has 12 fully saturated rings. The lowest BCUT2D eigenvalue weighted by Crippen LogP contribution is -2.61. The number of carbonyl (C=O) groups excluding carboxylic acids is 5. The highest BCUT2D eigenvalue weighted by Crippen LogP contribution is 2.71. The van der Waals surface area contributed by atoms with Gasteiger partial charge in [0.25, 0.3) is 0 Å². The highest BCUT2D eigenvalue weighted by Gasteiger charge is 2.69. The average molecular weight is 1040 g/mol. The van der Waals surface area contributed by atoms with Crippen LogP contribution in [0.2, 0.25) is 0 Å². The van der Waals surface area contributed by atoms with Crippen LogP contribution in [0.3, 0.4) is 0 Å². The summed E-state index contributed by atoms with van der Waals surface area (Å²) in [6.07, 6.45) is 21.7. The Morgan fingerprint density at radius 3 is 1.65 bits per heavy atom. The van der Waals surface area contributed by atoms with Crippen LogP contribution in [-0.2, 0) is 52.4 Å². The Morgan fingerprint density at radius 2 is 1.12 bits per heavy atom. The minimum absolute atomic E-state index is 0.0197. The number of fused-ring (bicyclic) bond motifs is 10. The molecule has 0 spiro atoms. The fourth-order valence-corrected chi connectivity index (χ4v) is 16.3. The van der Waals surface area contributed by atoms with Crippen molar-refractivity contribution in [2.24, 2.45) is 74.9 Å². The van der Waals surface area contributed by atoms with E-state index in [1.807, 2.05) is 76.2 Å². The number of rotatable bonds is 14. The molecule has 12 rings (SSSR count). The van der Waals surface area contributed by atoms with Gasteiger partial charge in [-0.15, -0.1) is 0 Å². The van der Waals surface area contributed by atoms with Gasteiger partial charge < -0.3 is 33.5 Å². The monoisotopic (exact) mass is 1040 g/mol. The maximum absolute atomic E-state index is 12.7. The number of ether oxygens (including phenoxy) is 6. The van der Waals surface area contributed by atoms with Gasteiger partial charge in [-0.2, -0.15) is 0 Å². The first kappa shape index (κ1) is 57.4. The lowest BCUT2D eigenvalue weighted by Gasteiger charge is -2.59. The molecular weight excluding hydrogens is 937 g/mol. The number of aliphatic hydroxyl groups is 1. The maximum atomic E-state index is 12.7.